The lowest BCUT2D eigenvalue weighted by Gasteiger charge is -2.34. The third-order valence-electron chi connectivity index (χ3n) is 5.48. The van der Waals surface area contributed by atoms with Crippen LogP contribution < -0.4 is 0 Å². The second kappa shape index (κ2) is 8.93. The van der Waals surface area contributed by atoms with Crippen molar-refractivity contribution in [3.05, 3.63) is 35.6 Å². The van der Waals surface area contributed by atoms with E-state index in [4.69, 9.17) is 4.74 Å². The van der Waals surface area contributed by atoms with Gasteiger partial charge >= 0.3 is 0 Å². The number of halogens is 1. The van der Waals surface area contributed by atoms with E-state index in [0.29, 0.717) is 0 Å². The molecule has 0 bridgehead atoms. The Bertz CT molecular complexity index is 496. The minimum Gasteiger partial charge on any atom is -0.381 e. The predicted molar refractivity (Wildman–Crippen MR) is 95.7 cm³/mol. The number of piperidine rings is 1. The fourth-order valence-electron chi connectivity index (χ4n) is 4.06. The Kier molecular flexibility index (Phi) is 6.64. The molecule has 1 aromatic carbocycles. The van der Waals surface area contributed by atoms with Gasteiger partial charge in [-0.15, -0.1) is 0 Å². The van der Waals surface area contributed by atoms with Crippen LogP contribution in [0.3, 0.4) is 0 Å². The number of rotatable bonds is 7. The molecule has 0 N–H and O–H groups in total. The van der Waals surface area contributed by atoms with Gasteiger partial charge in [-0.1, -0.05) is 12.1 Å². The Morgan fingerprint density at radius 2 is 1.96 bits per heavy atom. The van der Waals surface area contributed by atoms with Crippen LogP contribution in [0, 0.1) is 17.7 Å². The summed E-state index contributed by atoms with van der Waals surface area (Å²) in [6.45, 7) is 7.70. The molecule has 2 saturated heterocycles. The lowest BCUT2D eigenvalue weighted by Crippen LogP contribution is -2.39. The number of nitrogens with zero attached hydrogens (tertiary/aromatic N) is 2. The molecule has 1 atom stereocenters. The second-order valence-corrected chi connectivity index (χ2v) is 7.62. The van der Waals surface area contributed by atoms with Gasteiger partial charge < -0.3 is 14.5 Å². The predicted octanol–water partition coefficient (Wildman–Crippen LogP) is 3.05. The van der Waals surface area contributed by atoms with Crippen LogP contribution in [-0.2, 0) is 11.2 Å². The lowest BCUT2D eigenvalue weighted by atomic mass is 9.95. The van der Waals surface area contributed by atoms with Gasteiger partial charge in [0.15, 0.2) is 0 Å². The van der Waals surface area contributed by atoms with Crippen LogP contribution in [0.4, 0.5) is 4.39 Å². The third kappa shape index (κ3) is 5.54. The molecular formula is C20H31FN2O. The molecule has 2 heterocycles. The second-order valence-electron chi connectivity index (χ2n) is 7.62. The normalized spacial score (nSPS) is 23.2. The van der Waals surface area contributed by atoms with Gasteiger partial charge in [0.25, 0.3) is 0 Å². The summed E-state index contributed by atoms with van der Waals surface area (Å²) < 4.78 is 18.7. The van der Waals surface area contributed by atoms with Crippen LogP contribution in [0.1, 0.15) is 24.8 Å². The Labute approximate surface area is 145 Å². The number of ether oxygens (including phenoxy) is 1. The summed E-state index contributed by atoms with van der Waals surface area (Å²) in [4.78, 5) is 5.04. The van der Waals surface area contributed by atoms with E-state index in [1.54, 1.807) is 6.07 Å². The van der Waals surface area contributed by atoms with Crippen molar-refractivity contribution in [2.24, 2.45) is 11.8 Å². The van der Waals surface area contributed by atoms with Gasteiger partial charge in [-0.2, -0.15) is 0 Å². The van der Waals surface area contributed by atoms with Gasteiger partial charge in [-0.05, 0) is 75.4 Å². The first-order valence-electron chi connectivity index (χ1n) is 9.42. The average Bonchev–Trinajstić information content (AvgIpc) is 3.07. The maximum Gasteiger partial charge on any atom is 0.123 e. The molecule has 1 aromatic rings. The fourth-order valence-corrected chi connectivity index (χ4v) is 4.06. The molecule has 2 aliphatic rings. The molecule has 0 aromatic heterocycles. The molecule has 3 rings (SSSR count). The highest BCUT2D eigenvalue weighted by Crippen LogP contribution is 2.20. The highest BCUT2D eigenvalue weighted by Gasteiger charge is 2.22. The topological polar surface area (TPSA) is 15.7 Å². The maximum atomic E-state index is 13.2. The molecule has 0 unspecified atom stereocenters. The Balaban J connectivity index is 1.33. The minimum absolute atomic E-state index is 0.123. The van der Waals surface area contributed by atoms with Crippen LogP contribution in [-0.4, -0.2) is 62.8 Å². The number of hydrogen-bond donors (Lipinski definition) is 0. The van der Waals surface area contributed by atoms with Crippen molar-refractivity contribution in [1.82, 2.24) is 9.80 Å². The van der Waals surface area contributed by atoms with Crippen molar-refractivity contribution in [3.63, 3.8) is 0 Å². The molecule has 0 radical (unpaired) electrons. The smallest absolute Gasteiger partial charge is 0.123 e. The van der Waals surface area contributed by atoms with E-state index in [1.807, 2.05) is 12.1 Å². The molecule has 24 heavy (non-hydrogen) atoms. The first-order valence-corrected chi connectivity index (χ1v) is 9.42. The molecule has 0 saturated carbocycles. The van der Waals surface area contributed by atoms with Crippen molar-refractivity contribution >= 4 is 0 Å². The first kappa shape index (κ1) is 17.8. The van der Waals surface area contributed by atoms with Crippen LogP contribution >= 0.6 is 0 Å². The van der Waals surface area contributed by atoms with E-state index >= 15 is 0 Å². The average molecular weight is 334 g/mol. The molecule has 0 spiro atoms. The highest BCUT2D eigenvalue weighted by atomic mass is 19.1. The van der Waals surface area contributed by atoms with Crippen molar-refractivity contribution < 1.29 is 9.13 Å². The highest BCUT2D eigenvalue weighted by molar-refractivity contribution is 5.16. The van der Waals surface area contributed by atoms with Gasteiger partial charge in [-0.25, -0.2) is 4.39 Å². The fraction of sp³-hybridized carbons (Fsp3) is 0.700. The molecule has 0 amide bonds. The minimum atomic E-state index is -0.123. The van der Waals surface area contributed by atoms with Gasteiger partial charge in [0.1, 0.15) is 5.82 Å². The Morgan fingerprint density at radius 3 is 2.67 bits per heavy atom. The van der Waals surface area contributed by atoms with Gasteiger partial charge in [0.2, 0.25) is 0 Å². The van der Waals surface area contributed by atoms with E-state index in [1.165, 1.54) is 51.5 Å². The summed E-state index contributed by atoms with van der Waals surface area (Å²) in [6.07, 6.45) is 4.75. The molecule has 3 nitrogen and oxygen atoms in total. The van der Waals surface area contributed by atoms with Crippen molar-refractivity contribution in [3.8, 4) is 0 Å². The number of likely N-dealkylation sites (tertiary alicyclic amines) is 1. The van der Waals surface area contributed by atoms with Gasteiger partial charge in [0, 0.05) is 26.2 Å². The molecular weight excluding hydrogens is 303 g/mol. The van der Waals surface area contributed by atoms with Gasteiger partial charge in [0.05, 0.1) is 6.61 Å². The zero-order valence-electron chi connectivity index (χ0n) is 14.9. The van der Waals surface area contributed by atoms with Gasteiger partial charge in [-0.3, -0.25) is 0 Å². The largest absolute Gasteiger partial charge is 0.381 e. The molecule has 4 heteroatoms. The summed E-state index contributed by atoms with van der Waals surface area (Å²) in [7, 11) is 2.26. The summed E-state index contributed by atoms with van der Waals surface area (Å²) in [5.41, 5.74) is 1.11. The third-order valence-corrected chi connectivity index (χ3v) is 5.48. The van der Waals surface area contributed by atoms with Crippen LogP contribution in [0.5, 0.6) is 0 Å². The Hall–Kier alpha value is -0.970. The zero-order chi connectivity index (χ0) is 16.8. The van der Waals surface area contributed by atoms with E-state index in [9.17, 15) is 4.39 Å². The summed E-state index contributed by atoms with van der Waals surface area (Å²) in [6, 6.07) is 7.01. The zero-order valence-corrected chi connectivity index (χ0v) is 14.9. The van der Waals surface area contributed by atoms with Crippen LogP contribution in [0.25, 0.3) is 0 Å². The van der Waals surface area contributed by atoms with Crippen LogP contribution in [0.2, 0.25) is 0 Å². The van der Waals surface area contributed by atoms with Crippen molar-refractivity contribution in [1.29, 1.82) is 0 Å². The van der Waals surface area contributed by atoms with E-state index in [2.05, 4.69) is 16.8 Å². The van der Waals surface area contributed by atoms with E-state index in [0.717, 1.165) is 43.6 Å². The SMILES string of the molecule is CN(CC1CCN(CCc2cccc(F)c2)CC1)C[C@H]1CCOC1. The van der Waals surface area contributed by atoms with Crippen molar-refractivity contribution in [2.45, 2.75) is 25.7 Å². The monoisotopic (exact) mass is 334 g/mol. The van der Waals surface area contributed by atoms with Crippen LogP contribution in [0.15, 0.2) is 24.3 Å². The summed E-state index contributed by atoms with van der Waals surface area (Å²) in [5, 5.41) is 0. The summed E-state index contributed by atoms with van der Waals surface area (Å²) in [5.74, 6) is 1.44. The molecule has 0 aliphatic carbocycles. The standard InChI is InChI=1S/C20H31FN2O/c1-22(15-19-8-12-24-16-19)14-18-6-10-23(11-7-18)9-5-17-3-2-4-20(21)13-17/h2-4,13,18-19H,5-12,14-16H2,1H3/t19-/m1/s1. The lowest BCUT2D eigenvalue weighted by molar-refractivity contribution is 0.140. The van der Waals surface area contributed by atoms with E-state index in [-0.39, 0.29) is 5.82 Å². The number of hydrogen-bond acceptors (Lipinski definition) is 3. The summed E-state index contributed by atoms with van der Waals surface area (Å²) >= 11 is 0. The molecule has 2 aliphatic heterocycles. The first-order chi connectivity index (χ1) is 11.7. The molecule has 134 valence electrons. The Morgan fingerprint density at radius 1 is 1.17 bits per heavy atom. The quantitative estimate of drug-likeness (QED) is 0.762. The maximum absolute atomic E-state index is 13.2. The number of benzene rings is 1. The van der Waals surface area contributed by atoms with E-state index < -0.39 is 0 Å². The van der Waals surface area contributed by atoms with Crippen molar-refractivity contribution in [2.75, 3.05) is 53.0 Å². The molecule has 2 fully saturated rings.